The maximum absolute atomic E-state index is 14.3. The molecule has 0 saturated heterocycles. The fraction of sp³-hybridized carbons (Fsp3) is 0.394. The molecule has 3 aromatic rings. The van der Waals surface area contributed by atoms with Gasteiger partial charge in [-0.25, -0.2) is 8.42 Å². The highest BCUT2D eigenvalue weighted by Gasteiger charge is 2.34. The number of benzene rings is 3. The van der Waals surface area contributed by atoms with Crippen LogP contribution in [0.3, 0.4) is 0 Å². The molecule has 43 heavy (non-hydrogen) atoms. The van der Waals surface area contributed by atoms with E-state index in [4.69, 9.17) is 23.2 Å². The van der Waals surface area contributed by atoms with E-state index in [0.29, 0.717) is 27.7 Å². The molecule has 4 rings (SSSR count). The fourth-order valence-corrected chi connectivity index (χ4v) is 7.30. The van der Waals surface area contributed by atoms with Gasteiger partial charge in [0, 0.05) is 12.6 Å². The monoisotopic (exact) mass is 643 g/mol. The number of rotatable bonds is 11. The maximum Gasteiger partial charge on any atom is 0.264 e. The van der Waals surface area contributed by atoms with Gasteiger partial charge in [-0.15, -0.1) is 0 Å². The van der Waals surface area contributed by atoms with Gasteiger partial charge >= 0.3 is 0 Å². The molecule has 0 aliphatic heterocycles. The third-order valence-corrected chi connectivity index (χ3v) is 10.3. The molecule has 1 N–H and O–H groups in total. The Morgan fingerprint density at radius 3 is 2.09 bits per heavy atom. The van der Waals surface area contributed by atoms with Crippen molar-refractivity contribution in [1.82, 2.24) is 10.2 Å². The molecule has 0 spiro atoms. The molecular weight excluding hydrogens is 605 g/mol. The highest BCUT2D eigenvalue weighted by atomic mass is 35.5. The van der Waals surface area contributed by atoms with Crippen molar-refractivity contribution in [2.24, 2.45) is 0 Å². The minimum absolute atomic E-state index is 0.0532. The molecule has 3 aromatic carbocycles. The summed E-state index contributed by atoms with van der Waals surface area (Å²) in [5.74, 6) is -0.753. The molecule has 1 aliphatic rings. The number of sulfonamides is 1. The Balaban J connectivity index is 1.75. The topological polar surface area (TPSA) is 86.8 Å². The number of nitrogens with zero attached hydrogens (tertiary/aromatic N) is 2. The number of nitrogens with one attached hydrogen (secondary N) is 1. The second-order valence-corrected chi connectivity index (χ2v) is 14.0. The van der Waals surface area contributed by atoms with Gasteiger partial charge in [-0.3, -0.25) is 13.9 Å². The van der Waals surface area contributed by atoms with E-state index in [-0.39, 0.29) is 23.4 Å². The Morgan fingerprint density at radius 1 is 0.884 bits per heavy atom. The summed E-state index contributed by atoms with van der Waals surface area (Å²) in [6.45, 7) is 7.05. The first-order chi connectivity index (χ1) is 20.4. The van der Waals surface area contributed by atoms with Crippen LogP contribution in [0.1, 0.15) is 61.3 Å². The predicted molar refractivity (Wildman–Crippen MR) is 173 cm³/mol. The summed E-state index contributed by atoms with van der Waals surface area (Å²) < 4.78 is 29.4. The van der Waals surface area contributed by atoms with Crippen LogP contribution in [-0.2, 0) is 26.2 Å². The molecule has 1 aliphatic carbocycles. The molecule has 0 radical (unpaired) electrons. The number of amides is 2. The van der Waals surface area contributed by atoms with Crippen LogP contribution in [0.15, 0.2) is 65.6 Å². The third-order valence-electron chi connectivity index (χ3n) is 7.81. The van der Waals surface area contributed by atoms with Gasteiger partial charge in [0.15, 0.2) is 0 Å². The molecule has 7 nitrogen and oxygen atoms in total. The summed E-state index contributed by atoms with van der Waals surface area (Å²) in [6, 6.07) is 16.3. The van der Waals surface area contributed by atoms with E-state index in [1.54, 1.807) is 54.6 Å². The maximum atomic E-state index is 14.3. The van der Waals surface area contributed by atoms with Crippen molar-refractivity contribution in [3.05, 3.63) is 93.0 Å². The molecule has 0 heterocycles. The number of anilines is 1. The zero-order valence-electron chi connectivity index (χ0n) is 25.1. The molecule has 1 unspecified atom stereocenters. The molecule has 2 amide bonds. The van der Waals surface area contributed by atoms with Crippen molar-refractivity contribution in [2.45, 2.75) is 83.3 Å². The summed E-state index contributed by atoms with van der Waals surface area (Å²) in [4.78, 5) is 29.4. The van der Waals surface area contributed by atoms with Crippen LogP contribution >= 0.6 is 23.2 Å². The number of aryl methyl sites for hydroxylation is 3. The van der Waals surface area contributed by atoms with Gasteiger partial charge in [0.1, 0.15) is 12.6 Å². The lowest BCUT2D eigenvalue weighted by Crippen LogP contribution is -2.53. The Morgan fingerprint density at radius 2 is 1.51 bits per heavy atom. The van der Waals surface area contributed by atoms with Gasteiger partial charge in [-0.2, -0.15) is 0 Å². The minimum atomic E-state index is -4.14. The van der Waals surface area contributed by atoms with Crippen molar-refractivity contribution >= 4 is 50.7 Å². The number of carbonyl (C=O) groups excluding carboxylic acids is 2. The fourth-order valence-electron chi connectivity index (χ4n) is 5.58. The Hall–Kier alpha value is -3.07. The number of hydrogen-bond acceptors (Lipinski definition) is 4. The molecular formula is C33H39Cl2N3O4S. The molecule has 1 atom stereocenters. The Bertz CT molecular complexity index is 1550. The molecule has 1 fully saturated rings. The first-order valence-electron chi connectivity index (χ1n) is 14.6. The normalized spacial score (nSPS) is 14.4. The summed E-state index contributed by atoms with van der Waals surface area (Å²) in [5, 5.41) is 3.82. The highest BCUT2D eigenvalue weighted by Crippen LogP contribution is 2.28. The average Bonchev–Trinajstić information content (AvgIpc) is 3.46. The molecule has 10 heteroatoms. The second kappa shape index (κ2) is 14.1. The van der Waals surface area contributed by atoms with Gasteiger partial charge in [0.25, 0.3) is 10.0 Å². The summed E-state index contributed by atoms with van der Waals surface area (Å²) in [6.07, 6.45) is 4.25. The average molecular weight is 645 g/mol. The van der Waals surface area contributed by atoms with Gasteiger partial charge in [-0.1, -0.05) is 72.8 Å². The number of carbonyl (C=O) groups is 2. The lowest BCUT2D eigenvalue weighted by Gasteiger charge is -2.34. The van der Waals surface area contributed by atoms with Crippen molar-refractivity contribution < 1.29 is 18.0 Å². The highest BCUT2D eigenvalue weighted by molar-refractivity contribution is 7.92. The zero-order valence-corrected chi connectivity index (χ0v) is 27.4. The van der Waals surface area contributed by atoms with Crippen LogP contribution in [0.5, 0.6) is 0 Å². The number of hydrogen-bond donors (Lipinski definition) is 1. The van der Waals surface area contributed by atoms with Crippen LogP contribution in [0.25, 0.3) is 0 Å². The van der Waals surface area contributed by atoms with E-state index < -0.39 is 28.5 Å². The van der Waals surface area contributed by atoms with E-state index in [9.17, 15) is 18.0 Å². The zero-order chi connectivity index (χ0) is 31.3. The lowest BCUT2D eigenvalue weighted by atomic mass is 10.1. The summed E-state index contributed by atoms with van der Waals surface area (Å²) in [7, 11) is -4.14. The van der Waals surface area contributed by atoms with Crippen molar-refractivity contribution in [3.63, 3.8) is 0 Å². The first-order valence-corrected chi connectivity index (χ1v) is 16.8. The van der Waals surface area contributed by atoms with Crippen LogP contribution in [0, 0.1) is 20.8 Å². The minimum Gasteiger partial charge on any atom is -0.352 e. The van der Waals surface area contributed by atoms with Gasteiger partial charge < -0.3 is 10.2 Å². The van der Waals surface area contributed by atoms with Crippen LogP contribution < -0.4 is 9.62 Å². The largest absolute Gasteiger partial charge is 0.352 e. The van der Waals surface area contributed by atoms with Crippen LogP contribution in [-0.4, -0.2) is 43.8 Å². The SMILES string of the molecule is CCC(C(=O)NC1CCCC1)N(Cc1ccc(Cl)c(Cl)c1)C(=O)CN(c1cc(C)cc(C)c1)S(=O)(=O)c1ccc(C)cc1. The summed E-state index contributed by atoms with van der Waals surface area (Å²) >= 11 is 12.4. The molecule has 230 valence electrons. The third kappa shape index (κ3) is 8.11. The first kappa shape index (κ1) is 32.8. The number of halogens is 2. The van der Waals surface area contributed by atoms with E-state index in [0.717, 1.165) is 46.7 Å². The van der Waals surface area contributed by atoms with Gasteiger partial charge in [-0.05, 0) is 93.1 Å². The summed E-state index contributed by atoms with van der Waals surface area (Å²) in [5.41, 5.74) is 3.70. The Kier molecular flexibility index (Phi) is 10.8. The van der Waals surface area contributed by atoms with Crippen LogP contribution in [0.2, 0.25) is 10.0 Å². The van der Waals surface area contributed by atoms with Crippen LogP contribution in [0.4, 0.5) is 5.69 Å². The Labute approximate surface area is 265 Å². The van der Waals surface area contributed by atoms with E-state index in [2.05, 4.69) is 5.32 Å². The smallest absolute Gasteiger partial charge is 0.264 e. The van der Waals surface area contributed by atoms with E-state index in [1.165, 1.54) is 4.90 Å². The standard InChI is InChI=1S/C33H39Cl2N3O4S/c1-5-31(33(40)36-26-8-6-7-9-26)37(20-25-12-15-29(34)30(35)19-25)32(39)21-38(27-17-23(3)16-24(4)18-27)43(41,42)28-13-10-22(2)11-14-28/h10-19,26,31H,5-9,20-21H2,1-4H3,(H,36,40). The lowest BCUT2D eigenvalue weighted by molar-refractivity contribution is -0.140. The predicted octanol–water partition coefficient (Wildman–Crippen LogP) is 6.98. The van der Waals surface area contributed by atoms with Crippen molar-refractivity contribution in [2.75, 3.05) is 10.8 Å². The molecule has 0 bridgehead atoms. The van der Waals surface area contributed by atoms with Crippen molar-refractivity contribution in [1.29, 1.82) is 0 Å². The molecule has 1 saturated carbocycles. The molecule has 0 aromatic heterocycles. The second-order valence-electron chi connectivity index (χ2n) is 11.4. The van der Waals surface area contributed by atoms with Gasteiger partial charge in [0.05, 0.1) is 20.6 Å². The van der Waals surface area contributed by atoms with Crippen molar-refractivity contribution in [3.8, 4) is 0 Å². The van der Waals surface area contributed by atoms with E-state index in [1.807, 2.05) is 33.8 Å². The quantitative estimate of drug-likeness (QED) is 0.244. The van der Waals surface area contributed by atoms with E-state index >= 15 is 0 Å². The van der Waals surface area contributed by atoms with Gasteiger partial charge in [0.2, 0.25) is 11.8 Å².